The van der Waals surface area contributed by atoms with E-state index in [-0.39, 0.29) is 11.2 Å². The van der Waals surface area contributed by atoms with Gasteiger partial charge in [0, 0.05) is 29.4 Å². The second kappa shape index (κ2) is 6.14. The number of hydrogen-bond donors (Lipinski definition) is 0. The van der Waals surface area contributed by atoms with Crippen molar-refractivity contribution in [3.8, 4) is 11.3 Å². The van der Waals surface area contributed by atoms with Crippen molar-refractivity contribution in [3.05, 3.63) is 34.4 Å². The highest BCUT2D eigenvalue weighted by Gasteiger charge is 2.19. The third-order valence-electron chi connectivity index (χ3n) is 3.49. The minimum absolute atomic E-state index is 0.0304. The van der Waals surface area contributed by atoms with Gasteiger partial charge in [0.15, 0.2) is 0 Å². The molecule has 1 aromatic heterocycles. The fraction of sp³-hybridized carbons (Fsp3) is 0.471. The van der Waals surface area contributed by atoms with Crippen LogP contribution in [-0.4, -0.2) is 18.1 Å². The molecule has 0 spiro atoms. The fourth-order valence-corrected chi connectivity index (χ4v) is 3.15. The lowest BCUT2D eigenvalue weighted by molar-refractivity contribution is 0.586. The molecule has 1 aromatic carbocycles. The summed E-state index contributed by atoms with van der Waals surface area (Å²) >= 11 is 1.63. The first-order valence-corrected chi connectivity index (χ1v) is 8.25. The number of thiazole rings is 1. The molecule has 21 heavy (non-hydrogen) atoms. The van der Waals surface area contributed by atoms with E-state index < -0.39 is 0 Å². The van der Waals surface area contributed by atoms with Crippen molar-refractivity contribution in [2.45, 2.75) is 40.0 Å². The van der Waals surface area contributed by atoms with Crippen LogP contribution in [0, 0.1) is 5.82 Å². The Kier molecular flexibility index (Phi) is 4.67. The van der Waals surface area contributed by atoms with E-state index >= 15 is 0 Å². The Morgan fingerprint density at radius 2 is 1.86 bits per heavy atom. The van der Waals surface area contributed by atoms with Crippen LogP contribution in [0.15, 0.2) is 23.6 Å². The zero-order valence-corrected chi connectivity index (χ0v) is 14.2. The molecule has 0 aliphatic heterocycles. The molecule has 0 N–H and O–H groups in total. The average Bonchev–Trinajstić information content (AvgIpc) is 2.91. The van der Waals surface area contributed by atoms with Gasteiger partial charge in [0.2, 0.25) is 0 Å². The first-order chi connectivity index (χ1) is 9.86. The number of nitrogens with zero attached hydrogens (tertiary/aromatic N) is 2. The molecule has 2 rings (SSSR count). The SMILES string of the molecule is CCN(CC)c1ccc(-c2csc(C(C)(C)C)n2)cc1F. The molecule has 0 fully saturated rings. The van der Waals surface area contributed by atoms with E-state index in [0.717, 1.165) is 29.4 Å². The summed E-state index contributed by atoms with van der Waals surface area (Å²) < 4.78 is 14.3. The molecule has 0 aliphatic carbocycles. The van der Waals surface area contributed by atoms with Crippen molar-refractivity contribution in [2.24, 2.45) is 0 Å². The minimum atomic E-state index is -0.179. The number of rotatable bonds is 4. The van der Waals surface area contributed by atoms with Crippen LogP contribution in [0.4, 0.5) is 10.1 Å². The van der Waals surface area contributed by atoms with Crippen molar-refractivity contribution < 1.29 is 4.39 Å². The van der Waals surface area contributed by atoms with Gasteiger partial charge in [0.05, 0.1) is 16.4 Å². The second-order valence-corrected chi connectivity index (χ2v) is 6.98. The van der Waals surface area contributed by atoms with Crippen LogP contribution >= 0.6 is 11.3 Å². The van der Waals surface area contributed by atoms with Crippen LogP contribution in [0.5, 0.6) is 0 Å². The first-order valence-electron chi connectivity index (χ1n) is 7.37. The van der Waals surface area contributed by atoms with Gasteiger partial charge in [-0.2, -0.15) is 0 Å². The molecule has 0 unspecified atom stereocenters. The molecule has 114 valence electrons. The van der Waals surface area contributed by atoms with E-state index in [1.807, 2.05) is 36.3 Å². The van der Waals surface area contributed by atoms with Crippen molar-refractivity contribution in [3.63, 3.8) is 0 Å². The Bertz CT molecular complexity index is 609. The molecule has 0 atom stereocenters. The van der Waals surface area contributed by atoms with Gasteiger partial charge in [0.1, 0.15) is 5.82 Å². The Morgan fingerprint density at radius 1 is 1.19 bits per heavy atom. The molecular weight excluding hydrogens is 283 g/mol. The predicted octanol–water partition coefficient (Wildman–Crippen LogP) is 5.09. The standard InChI is InChI=1S/C17H23FN2S/c1-6-20(7-2)15-9-8-12(10-13(15)18)14-11-21-16(19-14)17(3,4)5/h8-11H,6-7H2,1-5H3. The summed E-state index contributed by atoms with van der Waals surface area (Å²) in [6, 6.07) is 5.40. The highest BCUT2D eigenvalue weighted by Crippen LogP contribution is 2.31. The van der Waals surface area contributed by atoms with E-state index in [2.05, 4.69) is 25.8 Å². The summed E-state index contributed by atoms with van der Waals surface area (Å²) in [5.74, 6) is -0.179. The summed E-state index contributed by atoms with van der Waals surface area (Å²) in [7, 11) is 0. The molecule has 0 amide bonds. The quantitative estimate of drug-likeness (QED) is 0.782. The predicted molar refractivity (Wildman–Crippen MR) is 89.8 cm³/mol. The average molecular weight is 306 g/mol. The Morgan fingerprint density at radius 3 is 2.33 bits per heavy atom. The third-order valence-corrected chi connectivity index (χ3v) is 4.76. The van der Waals surface area contributed by atoms with Crippen LogP contribution < -0.4 is 4.90 Å². The number of aromatic nitrogens is 1. The maximum atomic E-state index is 14.3. The van der Waals surface area contributed by atoms with Crippen LogP contribution in [0.2, 0.25) is 0 Å². The largest absolute Gasteiger partial charge is 0.370 e. The van der Waals surface area contributed by atoms with Crippen LogP contribution in [0.3, 0.4) is 0 Å². The van der Waals surface area contributed by atoms with E-state index in [1.165, 1.54) is 0 Å². The van der Waals surface area contributed by atoms with Crippen LogP contribution in [0.1, 0.15) is 39.6 Å². The summed E-state index contributed by atoms with van der Waals surface area (Å²) in [6.07, 6.45) is 0. The monoisotopic (exact) mass is 306 g/mol. The van der Waals surface area contributed by atoms with Gasteiger partial charge in [-0.1, -0.05) is 26.8 Å². The molecule has 0 bridgehead atoms. The van der Waals surface area contributed by atoms with Crippen molar-refractivity contribution in [2.75, 3.05) is 18.0 Å². The van der Waals surface area contributed by atoms with E-state index in [1.54, 1.807) is 17.4 Å². The number of benzene rings is 1. The molecule has 0 saturated heterocycles. The van der Waals surface area contributed by atoms with E-state index in [0.29, 0.717) is 5.69 Å². The zero-order valence-electron chi connectivity index (χ0n) is 13.4. The molecule has 1 heterocycles. The van der Waals surface area contributed by atoms with E-state index in [4.69, 9.17) is 0 Å². The van der Waals surface area contributed by atoms with Gasteiger partial charge in [-0.05, 0) is 26.0 Å². The maximum Gasteiger partial charge on any atom is 0.147 e. The van der Waals surface area contributed by atoms with Crippen molar-refractivity contribution in [1.82, 2.24) is 4.98 Å². The number of hydrogen-bond acceptors (Lipinski definition) is 3. The summed E-state index contributed by atoms with van der Waals surface area (Å²) in [6.45, 7) is 12.1. The summed E-state index contributed by atoms with van der Waals surface area (Å²) in [5, 5.41) is 3.08. The lowest BCUT2D eigenvalue weighted by atomic mass is 9.98. The third kappa shape index (κ3) is 3.43. The highest BCUT2D eigenvalue weighted by atomic mass is 32.1. The molecule has 2 aromatic rings. The maximum absolute atomic E-state index is 14.3. The van der Waals surface area contributed by atoms with Gasteiger partial charge in [-0.15, -0.1) is 11.3 Å². The normalized spacial score (nSPS) is 11.7. The van der Waals surface area contributed by atoms with Gasteiger partial charge in [-0.3, -0.25) is 0 Å². The van der Waals surface area contributed by atoms with Gasteiger partial charge < -0.3 is 4.90 Å². The Labute approximate surface area is 130 Å². The van der Waals surface area contributed by atoms with Gasteiger partial charge in [0.25, 0.3) is 0 Å². The van der Waals surface area contributed by atoms with Crippen molar-refractivity contribution >= 4 is 17.0 Å². The fourth-order valence-electron chi connectivity index (χ4n) is 2.24. The zero-order chi connectivity index (χ0) is 15.6. The first kappa shape index (κ1) is 16.0. The molecule has 4 heteroatoms. The smallest absolute Gasteiger partial charge is 0.147 e. The summed E-state index contributed by atoms with van der Waals surface area (Å²) in [5.41, 5.74) is 2.39. The molecule has 2 nitrogen and oxygen atoms in total. The number of halogens is 1. The van der Waals surface area contributed by atoms with Crippen LogP contribution in [-0.2, 0) is 5.41 Å². The van der Waals surface area contributed by atoms with Crippen LogP contribution in [0.25, 0.3) is 11.3 Å². The van der Waals surface area contributed by atoms with Crippen molar-refractivity contribution in [1.29, 1.82) is 0 Å². The van der Waals surface area contributed by atoms with Gasteiger partial charge >= 0.3 is 0 Å². The Balaban J connectivity index is 2.34. The highest BCUT2D eigenvalue weighted by molar-refractivity contribution is 7.10. The Hall–Kier alpha value is -1.42. The topological polar surface area (TPSA) is 16.1 Å². The second-order valence-electron chi connectivity index (χ2n) is 6.13. The van der Waals surface area contributed by atoms with Gasteiger partial charge in [-0.25, -0.2) is 9.37 Å². The minimum Gasteiger partial charge on any atom is -0.370 e. The molecule has 0 aliphatic rings. The lowest BCUT2D eigenvalue weighted by Crippen LogP contribution is -2.22. The molecular formula is C17H23FN2S. The molecule has 0 radical (unpaired) electrons. The molecule has 0 saturated carbocycles. The lowest BCUT2D eigenvalue weighted by Gasteiger charge is -2.21. The number of anilines is 1. The summed E-state index contributed by atoms with van der Waals surface area (Å²) in [4.78, 5) is 6.66. The van der Waals surface area contributed by atoms with E-state index in [9.17, 15) is 4.39 Å².